The molecule has 312 valence electrons. The van der Waals surface area contributed by atoms with Gasteiger partial charge in [0.2, 0.25) is 5.79 Å². The first-order valence-electron chi connectivity index (χ1n) is 20.5. The molecule has 1 fully saturated rings. The van der Waals surface area contributed by atoms with E-state index in [1.807, 2.05) is 30.0 Å². The van der Waals surface area contributed by atoms with Crippen LogP contribution < -0.4 is 14.2 Å². The number of carbonyl (C=O) groups is 2. The van der Waals surface area contributed by atoms with Gasteiger partial charge in [0.05, 0.1) is 42.5 Å². The van der Waals surface area contributed by atoms with Crippen molar-refractivity contribution in [3.8, 4) is 29.1 Å². The van der Waals surface area contributed by atoms with Crippen molar-refractivity contribution in [2.75, 3.05) is 40.6 Å². The van der Waals surface area contributed by atoms with Gasteiger partial charge in [0, 0.05) is 43.2 Å². The topological polar surface area (TPSA) is 160 Å². The molecule has 0 bridgehead atoms. The van der Waals surface area contributed by atoms with Gasteiger partial charge in [-0.05, 0) is 110 Å². The van der Waals surface area contributed by atoms with E-state index >= 15 is 0 Å². The van der Waals surface area contributed by atoms with Crippen LogP contribution in [-0.2, 0) is 9.57 Å². The second-order valence-electron chi connectivity index (χ2n) is 15.3. The molecule has 12 nitrogen and oxygen atoms in total. The van der Waals surface area contributed by atoms with Crippen molar-refractivity contribution >= 4 is 17.9 Å². The number of aldehydes is 1. The van der Waals surface area contributed by atoms with Gasteiger partial charge in [0.15, 0.2) is 6.29 Å². The Kier molecular flexibility index (Phi) is 14.6. The number of rotatable bonds is 20. The van der Waals surface area contributed by atoms with Gasteiger partial charge in [-0.2, -0.15) is 5.26 Å². The monoisotopic (exact) mass is 805 g/mol. The third-order valence-electron chi connectivity index (χ3n) is 11.8. The maximum Gasteiger partial charge on any atom is 0.254 e. The molecule has 2 N–H and O–H groups in total. The standard InChI is InChI=1S/C47H55N3O9/c1-5-21-50(46(54)32-15-13-31(29-48)14-16-32)43-28-40(49-56-4)38-26-33(11-7-9-22-51)37(12-8-10-23-52)44-39-27-36(58-35-17-19-41(55-3)34(25-35)30-53)18-20-42(39)59-47(43,45(38)44)57-24-6-2/h6,13-20,25-27,30,33,37,43-45,51-52H,2,5,7-12,21-24,28H2,1,3-4H3/t33-,37+,43-,44+,45+,47+/m0/s1. The van der Waals surface area contributed by atoms with E-state index in [0.717, 1.165) is 43.1 Å². The summed E-state index contributed by atoms with van der Waals surface area (Å²) in [5, 5.41) is 33.9. The van der Waals surface area contributed by atoms with Crippen LogP contribution in [0.4, 0.5) is 0 Å². The number of hydrogen-bond donors (Lipinski definition) is 2. The van der Waals surface area contributed by atoms with Gasteiger partial charge >= 0.3 is 0 Å². The molecule has 12 heteroatoms. The maximum atomic E-state index is 14.8. The molecule has 3 aromatic rings. The fourth-order valence-corrected chi connectivity index (χ4v) is 9.32. The van der Waals surface area contributed by atoms with Gasteiger partial charge in [-0.25, -0.2) is 0 Å². The first-order valence-corrected chi connectivity index (χ1v) is 20.5. The van der Waals surface area contributed by atoms with Crippen LogP contribution in [0.3, 0.4) is 0 Å². The summed E-state index contributed by atoms with van der Waals surface area (Å²) in [6.45, 7) is 6.71. The number of aliphatic hydroxyl groups excluding tert-OH is 2. The van der Waals surface area contributed by atoms with E-state index < -0.39 is 17.7 Å². The lowest BCUT2D eigenvalue weighted by Gasteiger charge is -2.60. The van der Waals surface area contributed by atoms with Crippen LogP contribution in [0.15, 0.2) is 90.1 Å². The minimum Gasteiger partial charge on any atom is -0.496 e. The average Bonchev–Trinajstić information content (AvgIpc) is 3.26. The van der Waals surface area contributed by atoms with Crippen molar-refractivity contribution in [3.05, 3.63) is 107 Å². The summed E-state index contributed by atoms with van der Waals surface area (Å²) < 4.78 is 26.1. The number of fused-ring (bicyclic) bond motifs is 2. The number of oxime groups is 1. The predicted molar refractivity (Wildman–Crippen MR) is 223 cm³/mol. The van der Waals surface area contributed by atoms with Gasteiger partial charge in [-0.15, -0.1) is 6.58 Å². The molecule has 59 heavy (non-hydrogen) atoms. The number of nitriles is 1. The van der Waals surface area contributed by atoms with Crippen LogP contribution in [0.5, 0.6) is 23.0 Å². The first kappa shape index (κ1) is 43.1. The van der Waals surface area contributed by atoms with Crippen LogP contribution in [-0.4, -0.2) is 85.4 Å². The number of ether oxygens (including phenoxy) is 4. The zero-order chi connectivity index (χ0) is 41.9. The number of unbranched alkanes of at least 4 members (excludes halogenated alkanes) is 2. The number of benzene rings is 3. The Morgan fingerprint density at radius 2 is 1.76 bits per heavy atom. The molecule has 6 atom stereocenters. The first-order chi connectivity index (χ1) is 28.8. The quantitative estimate of drug-likeness (QED) is 0.0496. The smallest absolute Gasteiger partial charge is 0.254 e. The van der Waals surface area contributed by atoms with Crippen LogP contribution in [0.25, 0.3) is 0 Å². The fourth-order valence-electron chi connectivity index (χ4n) is 9.32. The molecule has 0 saturated heterocycles. The second kappa shape index (κ2) is 20.0. The number of allylic oxidation sites excluding steroid dienone is 1. The second-order valence-corrected chi connectivity index (χ2v) is 15.3. The van der Waals surface area contributed by atoms with Crippen LogP contribution in [0.1, 0.15) is 96.1 Å². The molecule has 3 aromatic carbocycles. The lowest BCUT2D eigenvalue weighted by Crippen LogP contribution is -2.70. The Morgan fingerprint density at radius 1 is 1.03 bits per heavy atom. The Balaban J connectivity index is 1.58. The van der Waals surface area contributed by atoms with Crippen molar-refractivity contribution in [2.45, 2.75) is 76.0 Å². The van der Waals surface area contributed by atoms with Crippen molar-refractivity contribution in [3.63, 3.8) is 0 Å². The molecule has 1 heterocycles. The summed E-state index contributed by atoms with van der Waals surface area (Å²) in [6.07, 6.45) is 10.1. The molecule has 2 aliphatic carbocycles. The summed E-state index contributed by atoms with van der Waals surface area (Å²) in [5.41, 5.74) is 3.77. The zero-order valence-corrected chi connectivity index (χ0v) is 34.2. The molecule has 6 rings (SSSR count). The lowest BCUT2D eigenvalue weighted by atomic mass is 9.55. The minimum atomic E-state index is -1.41. The molecular weight excluding hydrogens is 751 g/mol. The number of amides is 1. The zero-order valence-electron chi connectivity index (χ0n) is 34.2. The van der Waals surface area contributed by atoms with E-state index in [1.165, 1.54) is 14.2 Å². The summed E-state index contributed by atoms with van der Waals surface area (Å²) in [5.74, 6) is -0.251. The molecule has 0 spiro atoms. The van der Waals surface area contributed by atoms with Gasteiger partial charge in [0.25, 0.3) is 5.91 Å². The van der Waals surface area contributed by atoms with E-state index in [9.17, 15) is 25.1 Å². The number of aliphatic hydroxyl groups is 2. The molecule has 3 aliphatic rings. The molecule has 1 amide bonds. The highest BCUT2D eigenvalue weighted by molar-refractivity contribution is 6.03. The van der Waals surface area contributed by atoms with Crippen molar-refractivity contribution in [1.29, 1.82) is 5.26 Å². The van der Waals surface area contributed by atoms with Crippen LogP contribution >= 0.6 is 0 Å². The number of methoxy groups -OCH3 is 1. The Labute approximate surface area is 346 Å². The third-order valence-corrected chi connectivity index (χ3v) is 11.8. The molecule has 0 aromatic heterocycles. The lowest BCUT2D eigenvalue weighted by molar-refractivity contribution is -0.254. The SMILES string of the molecule is C=CCO[C@@]12Oc3ccc(Oc4ccc(OC)c(C=O)c4)cc3[C@H]3[C@H](CCCCO)[C@@H](CCCCO)C=C(C(=NOC)C[C@@H]1N(CCC)C(=O)c1ccc(C#N)cc1)[C@H]32. The molecule has 1 saturated carbocycles. The number of hydrogen-bond acceptors (Lipinski definition) is 11. The minimum absolute atomic E-state index is 0.0256. The van der Waals surface area contributed by atoms with Crippen molar-refractivity contribution in [1.82, 2.24) is 4.90 Å². The number of nitrogens with zero attached hydrogens (tertiary/aromatic N) is 3. The summed E-state index contributed by atoms with van der Waals surface area (Å²) in [4.78, 5) is 34.0. The average molecular weight is 806 g/mol. The predicted octanol–water partition coefficient (Wildman–Crippen LogP) is 7.99. The van der Waals surface area contributed by atoms with Crippen LogP contribution in [0.2, 0.25) is 0 Å². The molecule has 1 aliphatic heterocycles. The fraction of sp³-hybridized carbons (Fsp3) is 0.447. The summed E-state index contributed by atoms with van der Waals surface area (Å²) in [7, 11) is 3.03. The van der Waals surface area contributed by atoms with Gasteiger partial charge < -0.3 is 38.9 Å². The van der Waals surface area contributed by atoms with E-state index in [2.05, 4.69) is 23.9 Å². The summed E-state index contributed by atoms with van der Waals surface area (Å²) in [6, 6.07) is 18.9. The highest BCUT2D eigenvalue weighted by Gasteiger charge is 2.65. The van der Waals surface area contributed by atoms with E-state index in [-0.39, 0.29) is 49.9 Å². The Hall–Kier alpha value is -5.48. The third kappa shape index (κ3) is 8.93. The Morgan fingerprint density at radius 3 is 2.42 bits per heavy atom. The van der Waals surface area contributed by atoms with Crippen molar-refractivity contribution < 1.29 is 43.6 Å². The Bertz CT molecular complexity index is 2060. The normalized spacial score (nSPS) is 23.4. The van der Waals surface area contributed by atoms with Gasteiger partial charge in [-0.3, -0.25) is 9.59 Å². The number of carbonyl (C=O) groups excluding carboxylic acids is 2. The van der Waals surface area contributed by atoms with Crippen LogP contribution in [0, 0.1) is 29.1 Å². The highest BCUT2D eigenvalue weighted by Crippen LogP contribution is 2.62. The van der Waals surface area contributed by atoms with Gasteiger partial charge in [-0.1, -0.05) is 37.1 Å². The van der Waals surface area contributed by atoms with E-state index in [0.29, 0.717) is 71.2 Å². The van der Waals surface area contributed by atoms with E-state index in [1.54, 1.807) is 48.5 Å². The largest absolute Gasteiger partial charge is 0.496 e. The molecular formula is C47H55N3O9. The maximum absolute atomic E-state index is 14.8. The molecule has 0 radical (unpaired) electrons. The highest BCUT2D eigenvalue weighted by atomic mass is 16.7. The van der Waals surface area contributed by atoms with E-state index in [4.69, 9.17) is 23.8 Å². The molecule has 0 unspecified atom stereocenters. The summed E-state index contributed by atoms with van der Waals surface area (Å²) >= 11 is 0. The van der Waals surface area contributed by atoms with Gasteiger partial charge in [0.1, 0.15) is 36.1 Å². The van der Waals surface area contributed by atoms with Crippen molar-refractivity contribution in [2.24, 2.45) is 22.9 Å².